The van der Waals surface area contributed by atoms with E-state index in [9.17, 15) is 14.7 Å². The van der Waals surface area contributed by atoms with Crippen LogP contribution in [0, 0.1) is 0 Å². The fourth-order valence-corrected chi connectivity index (χ4v) is 6.06. The van der Waals surface area contributed by atoms with Gasteiger partial charge in [0.05, 0.1) is 11.6 Å². The number of aliphatic hydroxyl groups is 1. The molecular weight excluding hydrogens is 460 g/mol. The van der Waals surface area contributed by atoms with Gasteiger partial charge in [0.2, 0.25) is 0 Å². The maximum Gasteiger partial charge on any atom is 0.300 e. The summed E-state index contributed by atoms with van der Waals surface area (Å²) in [6, 6.07) is 22.7. The van der Waals surface area contributed by atoms with Crippen LogP contribution in [-0.4, -0.2) is 29.9 Å². The summed E-state index contributed by atoms with van der Waals surface area (Å²) in [5.41, 5.74) is 5.84. The minimum Gasteiger partial charge on any atom is -0.507 e. The number of amides is 1. The molecule has 1 aliphatic carbocycles. The Morgan fingerprint density at radius 2 is 1.41 bits per heavy atom. The standard InChI is InChI=1S/C32H32N2O3/c35-30(25-14-13-22-9-5-6-12-24(22)21-25)28-29(23-10-3-1-4-11-23)34(32(37)31(28)36)27-17-15-26(16-18-27)33-19-7-2-8-20-33/h1,3-4,10-11,13-18,21,29,35H,2,5-9,12,19-20H2/b30-28-. The molecule has 2 heterocycles. The summed E-state index contributed by atoms with van der Waals surface area (Å²) in [7, 11) is 0. The molecule has 2 fully saturated rings. The largest absolute Gasteiger partial charge is 0.507 e. The zero-order valence-electron chi connectivity index (χ0n) is 21.0. The van der Waals surface area contributed by atoms with Crippen molar-refractivity contribution in [2.45, 2.75) is 51.0 Å². The quantitative estimate of drug-likeness (QED) is 0.268. The summed E-state index contributed by atoms with van der Waals surface area (Å²) in [6.07, 6.45) is 7.95. The fourth-order valence-electron chi connectivity index (χ4n) is 6.06. The molecule has 3 aliphatic rings. The van der Waals surface area contributed by atoms with E-state index in [0.717, 1.165) is 43.6 Å². The van der Waals surface area contributed by atoms with E-state index in [1.807, 2.05) is 66.7 Å². The first-order valence-electron chi connectivity index (χ1n) is 13.4. The number of carbonyl (C=O) groups excluding carboxylic acids is 2. The van der Waals surface area contributed by atoms with Gasteiger partial charge in [0, 0.05) is 30.0 Å². The lowest BCUT2D eigenvalue weighted by Gasteiger charge is -2.30. The topological polar surface area (TPSA) is 60.9 Å². The third-order valence-electron chi connectivity index (χ3n) is 8.03. The first-order chi connectivity index (χ1) is 18.1. The van der Waals surface area contributed by atoms with Gasteiger partial charge in [-0.25, -0.2) is 0 Å². The van der Waals surface area contributed by atoms with Crippen LogP contribution in [0.1, 0.15) is 60.4 Å². The fraction of sp³-hybridized carbons (Fsp3) is 0.312. The molecule has 1 unspecified atom stereocenters. The molecule has 5 heteroatoms. The van der Waals surface area contributed by atoms with Crippen molar-refractivity contribution < 1.29 is 14.7 Å². The summed E-state index contributed by atoms with van der Waals surface area (Å²) in [5, 5.41) is 11.5. The van der Waals surface area contributed by atoms with Crippen LogP contribution in [0.2, 0.25) is 0 Å². The molecule has 3 aromatic carbocycles. The Balaban J connectivity index is 1.43. The molecule has 0 radical (unpaired) electrons. The van der Waals surface area contributed by atoms with E-state index in [1.54, 1.807) is 4.90 Å². The lowest BCUT2D eigenvalue weighted by atomic mass is 9.88. The van der Waals surface area contributed by atoms with Crippen molar-refractivity contribution in [3.8, 4) is 0 Å². The number of anilines is 2. The molecule has 0 saturated carbocycles. The van der Waals surface area contributed by atoms with E-state index in [1.165, 1.54) is 36.8 Å². The van der Waals surface area contributed by atoms with E-state index < -0.39 is 17.7 Å². The average Bonchev–Trinajstić information content (AvgIpc) is 3.23. The summed E-state index contributed by atoms with van der Waals surface area (Å²) < 4.78 is 0. The van der Waals surface area contributed by atoms with Gasteiger partial charge in [-0.1, -0.05) is 42.5 Å². The zero-order valence-corrected chi connectivity index (χ0v) is 21.0. The Labute approximate surface area is 218 Å². The molecule has 2 saturated heterocycles. The maximum absolute atomic E-state index is 13.5. The molecule has 3 aromatic rings. The van der Waals surface area contributed by atoms with Crippen LogP contribution in [0.4, 0.5) is 11.4 Å². The highest BCUT2D eigenvalue weighted by Crippen LogP contribution is 2.42. The van der Waals surface area contributed by atoms with E-state index in [4.69, 9.17) is 0 Å². The van der Waals surface area contributed by atoms with Crippen molar-refractivity contribution in [2.24, 2.45) is 0 Å². The summed E-state index contributed by atoms with van der Waals surface area (Å²) >= 11 is 0. The monoisotopic (exact) mass is 492 g/mol. The summed E-state index contributed by atoms with van der Waals surface area (Å²) in [6.45, 7) is 2.07. The Morgan fingerprint density at radius 3 is 2.14 bits per heavy atom. The molecule has 0 aromatic heterocycles. The van der Waals surface area contributed by atoms with Crippen molar-refractivity contribution >= 4 is 28.8 Å². The van der Waals surface area contributed by atoms with Gasteiger partial charge < -0.3 is 10.0 Å². The van der Waals surface area contributed by atoms with Crippen molar-refractivity contribution in [1.29, 1.82) is 0 Å². The van der Waals surface area contributed by atoms with Crippen LogP contribution in [0.5, 0.6) is 0 Å². The summed E-state index contributed by atoms with van der Waals surface area (Å²) in [5.74, 6) is -1.36. The first-order valence-corrected chi connectivity index (χ1v) is 13.4. The lowest BCUT2D eigenvalue weighted by Crippen LogP contribution is -2.30. The van der Waals surface area contributed by atoms with Crippen molar-refractivity contribution in [2.75, 3.05) is 22.9 Å². The molecule has 188 valence electrons. The number of hydrogen-bond donors (Lipinski definition) is 1. The third-order valence-corrected chi connectivity index (χ3v) is 8.03. The minimum absolute atomic E-state index is 0.104. The highest BCUT2D eigenvalue weighted by Gasteiger charge is 2.47. The van der Waals surface area contributed by atoms with Gasteiger partial charge in [-0.2, -0.15) is 0 Å². The molecule has 2 aliphatic heterocycles. The van der Waals surface area contributed by atoms with Crippen LogP contribution in [0.15, 0.2) is 78.4 Å². The maximum atomic E-state index is 13.5. The Bertz CT molecular complexity index is 1350. The number of Topliss-reactive ketones (excluding diaryl/α,β-unsaturated/α-hetero) is 1. The second kappa shape index (κ2) is 9.89. The SMILES string of the molecule is O=C1C(=O)N(c2ccc(N3CCCCC3)cc2)C(c2ccccc2)/C1=C(/O)c1ccc2c(c1)CCCC2. The number of nitrogens with zero attached hydrogens (tertiary/aromatic N) is 2. The highest BCUT2D eigenvalue weighted by molar-refractivity contribution is 6.51. The number of carbonyl (C=O) groups is 2. The smallest absolute Gasteiger partial charge is 0.300 e. The Morgan fingerprint density at radius 1 is 0.730 bits per heavy atom. The molecule has 5 nitrogen and oxygen atoms in total. The van der Waals surface area contributed by atoms with Crippen LogP contribution < -0.4 is 9.80 Å². The first kappa shape index (κ1) is 23.5. The number of ketones is 1. The molecule has 6 rings (SSSR count). The third kappa shape index (κ3) is 4.33. The second-order valence-corrected chi connectivity index (χ2v) is 10.3. The number of aryl methyl sites for hydroxylation is 2. The lowest BCUT2D eigenvalue weighted by molar-refractivity contribution is -0.132. The van der Waals surface area contributed by atoms with Crippen LogP contribution in [0.3, 0.4) is 0 Å². The number of aliphatic hydroxyl groups excluding tert-OH is 1. The number of hydrogen-bond acceptors (Lipinski definition) is 4. The van der Waals surface area contributed by atoms with E-state index in [0.29, 0.717) is 11.3 Å². The van der Waals surface area contributed by atoms with Crippen molar-refractivity contribution in [1.82, 2.24) is 0 Å². The minimum atomic E-state index is -0.696. The molecule has 1 amide bonds. The van der Waals surface area contributed by atoms with Crippen LogP contribution >= 0.6 is 0 Å². The number of benzene rings is 3. The molecule has 0 spiro atoms. The van der Waals surface area contributed by atoms with Gasteiger partial charge in [0.15, 0.2) is 0 Å². The van der Waals surface area contributed by atoms with E-state index >= 15 is 0 Å². The van der Waals surface area contributed by atoms with Crippen molar-refractivity contribution in [3.05, 3.63) is 101 Å². The average molecular weight is 493 g/mol. The van der Waals surface area contributed by atoms with Gasteiger partial charge >= 0.3 is 0 Å². The Kier molecular flexibility index (Phi) is 6.29. The summed E-state index contributed by atoms with van der Waals surface area (Å²) in [4.78, 5) is 30.9. The normalized spacial score (nSPS) is 21.2. The van der Waals surface area contributed by atoms with E-state index in [2.05, 4.69) is 11.0 Å². The predicted molar refractivity (Wildman–Crippen MR) is 147 cm³/mol. The van der Waals surface area contributed by atoms with Gasteiger partial charge in [0.1, 0.15) is 5.76 Å². The zero-order chi connectivity index (χ0) is 25.4. The van der Waals surface area contributed by atoms with Gasteiger partial charge in [0.25, 0.3) is 11.7 Å². The number of fused-ring (bicyclic) bond motifs is 1. The molecule has 1 N–H and O–H groups in total. The van der Waals surface area contributed by atoms with Gasteiger partial charge in [-0.05, 0) is 92.0 Å². The molecule has 1 atom stereocenters. The molecule has 37 heavy (non-hydrogen) atoms. The Hall–Kier alpha value is -3.86. The molecular formula is C32H32N2O3. The van der Waals surface area contributed by atoms with Crippen LogP contribution in [-0.2, 0) is 22.4 Å². The van der Waals surface area contributed by atoms with Crippen LogP contribution in [0.25, 0.3) is 5.76 Å². The van der Waals surface area contributed by atoms with Gasteiger partial charge in [-0.15, -0.1) is 0 Å². The predicted octanol–water partition coefficient (Wildman–Crippen LogP) is 6.18. The van der Waals surface area contributed by atoms with Gasteiger partial charge in [-0.3, -0.25) is 14.5 Å². The molecule has 0 bridgehead atoms. The highest BCUT2D eigenvalue weighted by atomic mass is 16.3. The second-order valence-electron chi connectivity index (χ2n) is 10.3. The number of piperidine rings is 1. The number of rotatable bonds is 4. The van der Waals surface area contributed by atoms with E-state index in [-0.39, 0.29) is 11.3 Å². The van der Waals surface area contributed by atoms with Crippen molar-refractivity contribution in [3.63, 3.8) is 0 Å².